The molecule has 0 amide bonds. The summed E-state index contributed by atoms with van der Waals surface area (Å²) in [6.45, 7) is 17.8. The van der Waals surface area contributed by atoms with E-state index in [-0.39, 0.29) is 0 Å². The summed E-state index contributed by atoms with van der Waals surface area (Å²) in [5.74, 6) is 1.19. The highest BCUT2D eigenvalue weighted by Crippen LogP contribution is 2.19. The van der Waals surface area contributed by atoms with E-state index < -0.39 is 0 Å². The van der Waals surface area contributed by atoms with Crippen LogP contribution in [0.2, 0.25) is 0 Å². The average Bonchev–Trinajstić information content (AvgIpc) is 2.82. The fourth-order valence-corrected chi connectivity index (χ4v) is 4.28. The molecular weight excluding hydrogens is 388 g/mol. The van der Waals surface area contributed by atoms with Gasteiger partial charge in [-0.05, 0) is 24.2 Å². The molecule has 0 radical (unpaired) electrons. The Morgan fingerprint density at radius 1 is 0.613 bits per heavy atom. The molecular formula is C24H36N6O. The normalized spacial score (nSPS) is 19.5. The summed E-state index contributed by atoms with van der Waals surface area (Å²) in [5.41, 5.74) is 2.45. The molecule has 2 aliphatic rings. The van der Waals surface area contributed by atoms with Gasteiger partial charge in [-0.3, -0.25) is 9.80 Å². The number of piperazine rings is 2. The predicted molar refractivity (Wildman–Crippen MR) is 123 cm³/mol. The summed E-state index contributed by atoms with van der Waals surface area (Å²) >= 11 is 0. The van der Waals surface area contributed by atoms with Crippen molar-refractivity contribution >= 4 is 0 Å². The zero-order valence-electron chi connectivity index (χ0n) is 19.0. The number of hydrogen-bond donors (Lipinski definition) is 0. The van der Waals surface area contributed by atoms with Crippen LogP contribution < -0.4 is 4.74 Å². The van der Waals surface area contributed by atoms with E-state index in [1.54, 1.807) is 0 Å². The SMILES string of the molecule is CCN1CCN(Cc2ccc(Oc3ccc(CN4CCN(CC)CC4)cn3)nc2)CC1. The molecule has 2 saturated heterocycles. The maximum absolute atomic E-state index is 5.86. The topological polar surface area (TPSA) is 48.0 Å². The second-order valence-corrected chi connectivity index (χ2v) is 8.53. The van der Waals surface area contributed by atoms with Gasteiger partial charge in [0.2, 0.25) is 11.8 Å². The zero-order chi connectivity index (χ0) is 21.5. The van der Waals surface area contributed by atoms with Crippen molar-refractivity contribution in [2.75, 3.05) is 65.4 Å². The molecule has 2 aromatic rings. The number of pyridine rings is 2. The Bertz CT molecular complexity index is 713. The fraction of sp³-hybridized carbons (Fsp3) is 0.583. The molecule has 7 nitrogen and oxygen atoms in total. The highest BCUT2D eigenvalue weighted by molar-refractivity contribution is 5.24. The van der Waals surface area contributed by atoms with Crippen LogP contribution in [0, 0.1) is 0 Å². The molecule has 0 unspecified atom stereocenters. The molecule has 0 aliphatic carbocycles. The molecule has 0 bridgehead atoms. The first-order valence-electron chi connectivity index (χ1n) is 11.7. The van der Waals surface area contributed by atoms with Crippen molar-refractivity contribution in [2.24, 2.45) is 0 Å². The number of rotatable bonds is 8. The Labute approximate surface area is 186 Å². The molecule has 2 aromatic heterocycles. The Hall–Kier alpha value is -2.06. The first kappa shape index (κ1) is 22.1. The molecule has 0 aromatic carbocycles. The molecule has 2 aliphatic heterocycles. The number of likely N-dealkylation sites (N-methyl/N-ethyl adjacent to an activating group) is 2. The average molecular weight is 425 g/mol. The van der Waals surface area contributed by atoms with Gasteiger partial charge in [0.25, 0.3) is 0 Å². The summed E-state index contributed by atoms with van der Waals surface area (Å²) in [6.07, 6.45) is 3.84. The Morgan fingerprint density at radius 2 is 1.00 bits per heavy atom. The van der Waals surface area contributed by atoms with Crippen LogP contribution in [0.4, 0.5) is 0 Å². The van der Waals surface area contributed by atoms with E-state index in [2.05, 4.69) is 55.5 Å². The second kappa shape index (κ2) is 11.0. The third-order valence-corrected chi connectivity index (χ3v) is 6.44. The Balaban J connectivity index is 1.24. The van der Waals surface area contributed by atoms with E-state index in [9.17, 15) is 0 Å². The highest BCUT2D eigenvalue weighted by Gasteiger charge is 2.17. The smallest absolute Gasteiger partial charge is 0.221 e. The number of nitrogens with zero attached hydrogens (tertiary/aromatic N) is 6. The van der Waals surface area contributed by atoms with Crippen molar-refractivity contribution in [3.8, 4) is 11.8 Å². The molecule has 0 spiro atoms. The maximum Gasteiger partial charge on any atom is 0.221 e. The lowest BCUT2D eigenvalue weighted by Crippen LogP contribution is -2.45. The van der Waals surface area contributed by atoms with Gasteiger partial charge in [-0.2, -0.15) is 0 Å². The van der Waals surface area contributed by atoms with Gasteiger partial charge in [-0.25, -0.2) is 9.97 Å². The van der Waals surface area contributed by atoms with E-state index in [4.69, 9.17) is 4.74 Å². The van der Waals surface area contributed by atoms with Crippen LogP contribution in [0.25, 0.3) is 0 Å². The first-order valence-corrected chi connectivity index (χ1v) is 11.7. The molecule has 168 valence electrons. The van der Waals surface area contributed by atoms with Crippen molar-refractivity contribution in [3.63, 3.8) is 0 Å². The van der Waals surface area contributed by atoms with Crippen LogP contribution in [0.3, 0.4) is 0 Å². The van der Waals surface area contributed by atoms with E-state index in [0.717, 1.165) is 78.5 Å². The van der Waals surface area contributed by atoms with Gasteiger partial charge in [0.1, 0.15) is 0 Å². The molecule has 4 heterocycles. The van der Waals surface area contributed by atoms with Crippen LogP contribution >= 0.6 is 0 Å². The van der Waals surface area contributed by atoms with Crippen LogP contribution in [0.1, 0.15) is 25.0 Å². The van der Waals surface area contributed by atoms with Gasteiger partial charge in [0.15, 0.2) is 0 Å². The maximum atomic E-state index is 5.86. The van der Waals surface area contributed by atoms with Crippen molar-refractivity contribution in [1.82, 2.24) is 29.6 Å². The lowest BCUT2D eigenvalue weighted by molar-refractivity contribution is 0.132. The van der Waals surface area contributed by atoms with Gasteiger partial charge in [0, 0.05) is 90.0 Å². The number of ether oxygens (including phenoxy) is 1. The van der Waals surface area contributed by atoms with Crippen molar-refractivity contribution in [2.45, 2.75) is 26.9 Å². The summed E-state index contributed by atoms with van der Waals surface area (Å²) in [7, 11) is 0. The summed E-state index contributed by atoms with van der Waals surface area (Å²) < 4.78 is 5.86. The van der Waals surface area contributed by atoms with Gasteiger partial charge in [-0.15, -0.1) is 0 Å². The number of hydrogen-bond acceptors (Lipinski definition) is 7. The quantitative estimate of drug-likeness (QED) is 0.645. The van der Waals surface area contributed by atoms with E-state index >= 15 is 0 Å². The molecule has 2 fully saturated rings. The minimum absolute atomic E-state index is 0.593. The monoisotopic (exact) mass is 424 g/mol. The minimum atomic E-state index is 0.593. The van der Waals surface area contributed by atoms with Gasteiger partial charge in [0.05, 0.1) is 0 Å². The standard InChI is InChI=1S/C24H36N6O/c1-3-27-9-13-29(14-10-27)19-21-5-7-23(25-17-21)31-24-8-6-22(18-26-24)20-30-15-11-28(4-2)12-16-30/h5-8,17-18H,3-4,9-16,19-20H2,1-2H3. The van der Waals surface area contributed by atoms with E-state index in [0.29, 0.717) is 11.8 Å². The van der Waals surface area contributed by atoms with E-state index in [1.165, 1.54) is 11.1 Å². The lowest BCUT2D eigenvalue weighted by Gasteiger charge is -2.33. The van der Waals surface area contributed by atoms with Crippen molar-refractivity contribution in [1.29, 1.82) is 0 Å². The number of aromatic nitrogens is 2. The van der Waals surface area contributed by atoms with E-state index in [1.807, 2.05) is 24.5 Å². The summed E-state index contributed by atoms with van der Waals surface area (Å²) in [5, 5.41) is 0. The molecule has 7 heteroatoms. The molecule has 0 saturated carbocycles. The van der Waals surface area contributed by atoms with Gasteiger partial charge < -0.3 is 14.5 Å². The van der Waals surface area contributed by atoms with Crippen molar-refractivity contribution < 1.29 is 4.74 Å². The van der Waals surface area contributed by atoms with Gasteiger partial charge >= 0.3 is 0 Å². The molecule has 0 N–H and O–H groups in total. The third-order valence-electron chi connectivity index (χ3n) is 6.44. The van der Waals surface area contributed by atoms with Crippen molar-refractivity contribution in [3.05, 3.63) is 47.8 Å². The fourth-order valence-electron chi connectivity index (χ4n) is 4.28. The second-order valence-electron chi connectivity index (χ2n) is 8.53. The van der Waals surface area contributed by atoms with Crippen LogP contribution in [-0.2, 0) is 13.1 Å². The molecule has 4 rings (SSSR count). The largest absolute Gasteiger partial charge is 0.421 e. The molecule has 0 atom stereocenters. The zero-order valence-corrected chi connectivity index (χ0v) is 19.0. The molecule has 31 heavy (non-hydrogen) atoms. The summed E-state index contributed by atoms with van der Waals surface area (Å²) in [4.78, 5) is 19.0. The lowest BCUT2D eigenvalue weighted by atomic mass is 10.2. The highest BCUT2D eigenvalue weighted by atomic mass is 16.5. The predicted octanol–water partition coefficient (Wildman–Crippen LogP) is 2.54. The Kier molecular flexibility index (Phi) is 7.86. The van der Waals surface area contributed by atoms with Crippen LogP contribution in [-0.4, -0.2) is 95.0 Å². The van der Waals surface area contributed by atoms with Crippen LogP contribution in [0.15, 0.2) is 36.7 Å². The van der Waals surface area contributed by atoms with Gasteiger partial charge in [-0.1, -0.05) is 26.0 Å². The minimum Gasteiger partial charge on any atom is -0.421 e. The van der Waals surface area contributed by atoms with Crippen LogP contribution in [0.5, 0.6) is 11.8 Å². The Morgan fingerprint density at radius 3 is 1.32 bits per heavy atom. The third kappa shape index (κ3) is 6.46. The summed E-state index contributed by atoms with van der Waals surface area (Å²) in [6, 6.07) is 8.11. The first-order chi connectivity index (χ1) is 15.2.